The normalized spacial score (nSPS) is 12.6. The lowest BCUT2D eigenvalue weighted by molar-refractivity contribution is -0.890. The maximum Gasteiger partial charge on any atom is 0.119 e. The average molecular weight is 751 g/mol. The average Bonchev–Trinajstić information content (AvgIpc) is 4.00. The van der Waals surface area contributed by atoms with Gasteiger partial charge in [0.15, 0.2) is 0 Å². The number of hydrogen-bond acceptors (Lipinski definition) is 6. The van der Waals surface area contributed by atoms with E-state index in [4.69, 9.17) is 19.4 Å². The Morgan fingerprint density at radius 1 is 0.536 bits per heavy atom. The van der Waals surface area contributed by atoms with E-state index >= 15 is 0 Å². The zero-order valence-corrected chi connectivity index (χ0v) is 33.8. The first kappa shape index (κ1) is 38.8. The largest absolute Gasteiger partial charge is 0.494 e. The van der Waals surface area contributed by atoms with E-state index in [1.807, 2.05) is 12.1 Å². The molecule has 0 saturated heterocycles. The molecule has 3 aromatic heterocycles. The van der Waals surface area contributed by atoms with Crippen molar-refractivity contribution in [3.8, 4) is 33.8 Å². The SMILES string of the molecule is CN(C)CCCOc1ccc(-c2c3nc(cc4ccc([nH]4)c(-c4ccc(OCCC[N+](C)(C)CCCN(C)C)cc4)c4nc(cc5ccc2[nH]5)C=C4)C=C3)cc1. The molecule has 290 valence electrons. The Kier molecular flexibility index (Phi) is 12.1. The predicted octanol–water partition coefficient (Wildman–Crippen LogP) is 9.12. The van der Waals surface area contributed by atoms with Crippen molar-refractivity contribution >= 4 is 46.4 Å². The minimum atomic E-state index is 0.683. The molecule has 5 heterocycles. The van der Waals surface area contributed by atoms with E-state index in [1.54, 1.807) is 0 Å². The summed E-state index contributed by atoms with van der Waals surface area (Å²) in [6.07, 6.45) is 11.5. The van der Waals surface area contributed by atoms with Gasteiger partial charge >= 0.3 is 0 Å². The van der Waals surface area contributed by atoms with Crippen molar-refractivity contribution < 1.29 is 14.0 Å². The maximum atomic E-state index is 6.22. The number of fused-ring (bicyclic) bond motifs is 8. The van der Waals surface area contributed by atoms with Crippen molar-refractivity contribution in [3.05, 3.63) is 108 Å². The third-order valence-corrected chi connectivity index (χ3v) is 10.2. The number of benzene rings is 2. The summed E-state index contributed by atoms with van der Waals surface area (Å²) in [7, 11) is 13.1. The van der Waals surface area contributed by atoms with Gasteiger partial charge in [-0.2, -0.15) is 0 Å². The summed E-state index contributed by atoms with van der Waals surface area (Å²) in [6, 6.07) is 29.4. The van der Waals surface area contributed by atoms with Crippen LogP contribution in [0, 0.1) is 0 Å². The van der Waals surface area contributed by atoms with Crippen LogP contribution in [0.1, 0.15) is 42.0 Å². The monoisotopic (exact) mass is 750 g/mol. The minimum Gasteiger partial charge on any atom is -0.494 e. The van der Waals surface area contributed by atoms with Gasteiger partial charge in [0.05, 0.1) is 63.2 Å². The van der Waals surface area contributed by atoms with Crippen LogP contribution in [0.2, 0.25) is 0 Å². The second kappa shape index (κ2) is 17.5. The molecule has 9 heteroatoms. The molecule has 2 aliphatic heterocycles. The van der Waals surface area contributed by atoms with Crippen LogP contribution in [0.25, 0.3) is 68.6 Å². The van der Waals surface area contributed by atoms with Crippen LogP contribution in [0.15, 0.2) is 84.9 Å². The molecule has 5 aromatic rings. The Balaban J connectivity index is 1.17. The van der Waals surface area contributed by atoms with Gasteiger partial charge in [-0.05, 0) is 131 Å². The molecule has 56 heavy (non-hydrogen) atoms. The van der Waals surface area contributed by atoms with Crippen LogP contribution < -0.4 is 9.47 Å². The maximum absolute atomic E-state index is 6.22. The summed E-state index contributed by atoms with van der Waals surface area (Å²) in [5.41, 5.74) is 11.6. The summed E-state index contributed by atoms with van der Waals surface area (Å²) in [6.45, 7) is 5.75. The number of aromatic amines is 2. The quantitative estimate of drug-likeness (QED) is 0.0758. The van der Waals surface area contributed by atoms with E-state index in [1.165, 1.54) is 13.0 Å². The lowest BCUT2D eigenvalue weighted by atomic mass is 10.0. The molecule has 2 aliphatic rings. The molecule has 0 spiro atoms. The molecule has 2 N–H and O–H groups in total. The number of aromatic nitrogens is 4. The molecular weight excluding hydrogens is 695 g/mol. The van der Waals surface area contributed by atoms with Gasteiger partial charge in [-0.1, -0.05) is 24.3 Å². The van der Waals surface area contributed by atoms with Gasteiger partial charge < -0.3 is 33.7 Å². The Morgan fingerprint density at radius 3 is 1.46 bits per heavy atom. The van der Waals surface area contributed by atoms with Gasteiger partial charge in [0, 0.05) is 59.1 Å². The molecule has 0 fully saturated rings. The van der Waals surface area contributed by atoms with E-state index in [2.05, 4.69) is 159 Å². The smallest absolute Gasteiger partial charge is 0.119 e. The Hall–Kier alpha value is -5.48. The molecule has 7 rings (SSSR count). The van der Waals surface area contributed by atoms with Crippen molar-refractivity contribution in [3.63, 3.8) is 0 Å². The van der Waals surface area contributed by atoms with Gasteiger partial charge in [-0.25, -0.2) is 9.97 Å². The fourth-order valence-corrected chi connectivity index (χ4v) is 7.30. The highest BCUT2D eigenvalue weighted by Crippen LogP contribution is 2.33. The number of H-pyrrole nitrogens is 2. The molecule has 0 aliphatic carbocycles. The molecule has 2 aromatic carbocycles. The molecule has 0 saturated carbocycles. The van der Waals surface area contributed by atoms with Gasteiger partial charge in [0.2, 0.25) is 0 Å². The molecular formula is C47H56N7O2+. The second-order valence-corrected chi connectivity index (χ2v) is 16.0. The Morgan fingerprint density at radius 2 is 0.982 bits per heavy atom. The first-order valence-corrected chi connectivity index (χ1v) is 19.8. The molecule has 0 atom stereocenters. The van der Waals surface area contributed by atoms with E-state index in [9.17, 15) is 0 Å². The summed E-state index contributed by atoms with van der Waals surface area (Å²) in [5.74, 6) is 1.74. The summed E-state index contributed by atoms with van der Waals surface area (Å²) in [4.78, 5) is 22.0. The highest BCUT2D eigenvalue weighted by Gasteiger charge is 2.16. The molecule has 0 amide bonds. The Labute approximate surface area is 331 Å². The van der Waals surface area contributed by atoms with E-state index in [0.29, 0.717) is 13.2 Å². The van der Waals surface area contributed by atoms with Gasteiger partial charge in [0.25, 0.3) is 0 Å². The lowest BCUT2D eigenvalue weighted by Gasteiger charge is -2.30. The van der Waals surface area contributed by atoms with Crippen molar-refractivity contribution in [1.29, 1.82) is 0 Å². The van der Waals surface area contributed by atoms with E-state index in [0.717, 1.165) is 116 Å². The zero-order valence-electron chi connectivity index (χ0n) is 33.8. The van der Waals surface area contributed by atoms with Crippen molar-refractivity contribution in [2.45, 2.75) is 19.3 Å². The van der Waals surface area contributed by atoms with Crippen LogP contribution in [-0.2, 0) is 0 Å². The molecule has 0 unspecified atom stereocenters. The second-order valence-electron chi connectivity index (χ2n) is 16.0. The van der Waals surface area contributed by atoms with Gasteiger partial charge in [-0.15, -0.1) is 0 Å². The van der Waals surface area contributed by atoms with Crippen LogP contribution in [-0.4, -0.2) is 116 Å². The van der Waals surface area contributed by atoms with Crippen LogP contribution in [0.3, 0.4) is 0 Å². The van der Waals surface area contributed by atoms with Crippen molar-refractivity contribution in [1.82, 2.24) is 29.7 Å². The summed E-state index contributed by atoms with van der Waals surface area (Å²) < 4.78 is 13.3. The number of ether oxygens (including phenoxy) is 2. The highest BCUT2D eigenvalue weighted by molar-refractivity contribution is 5.93. The topological polar surface area (TPSA) is 82.3 Å². The van der Waals surface area contributed by atoms with Crippen LogP contribution in [0.5, 0.6) is 11.5 Å². The highest BCUT2D eigenvalue weighted by atomic mass is 16.5. The number of nitrogens with one attached hydrogen (secondary N) is 2. The zero-order chi connectivity index (χ0) is 39.1. The van der Waals surface area contributed by atoms with E-state index in [-0.39, 0.29) is 0 Å². The lowest BCUT2D eigenvalue weighted by Crippen LogP contribution is -2.42. The number of quaternary nitrogens is 1. The summed E-state index contributed by atoms with van der Waals surface area (Å²) >= 11 is 0. The molecule has 9 nitrogen and oxygen atoms in total. The standard InChI is InChI=1S/C47H56N7O2/c1-52(2)26-7-28-54(5,6)29-9-31-56-41-20-12-35(13-21-41)47-44-24-16-38(50-44)32-36-14-22-42(48-36)46(34-10-18-40(19-11-34)55-30-8-27-53(3)4)43-23-15-37(49-43)33-39-17-25-45(47)51-39/h10-25,32-33,48,51H,7-9,26-31H2,1-6H3/q+1. The minimum absolute atomic E-state index is 0.683. The Bertz CT molecular complexity index is 2330. The molecule has 8 bridgehead atoms. The van der Waals surface area contributed by atoms with Crippen molar-refractivity contribution in [2.75, 3.05) is 81.7 Å². The van der Waals surface area contributed by atoms with Crippen LogP contribution >= 0.6 is 0 Å². The molecule has 0 radical (unpaired) electrons. The third-order valence-electron chi connectivity index (χ3n) is 10.2. The number of hydrogen-bond donors (Lipinski definition) is 2. The number of rotatable bonds is 16. The van der Waals surface area contributed by atoms with Gasteiger partial charge in [0.1, 0.15) is 11.5 Å². The fourth-order valence-electron chi connectivity index (χ4n) is 7.30. The predicted molar refractivity (Wildman–Crippen MR) is 234 cm³/mol. The first-order valence-electron chi connectivity index (χ1n) is 19.8. The number of nitrogens with zero attached hydrogens (tertiary/aromatic N) is 5. The first-order chi connectivity index (χ1) is 27.1. The third kappa shape index (κ3) is 10.0. The fraction of sp³-hybridized carbons (Fsp3) is 0.319. The van der Waals surface area contributed by atoms with E-state index < -0.39 is 0 Å². The summed E-state index contributed by atoms with van der Waals surface area (Å²) in [5, 5.41) is 0. The van der Waals surface area contributed by atoms with Crippen molar-refractivity contribution in [2.24, 2.45) is 0 Å². The van der Waals surface area contributed by atoms with Crippen LogP contribution in [0.4, 0.5) is 0 Å². The van der Waals surface area contributed by atoms with Gasteiger partial charge in [-0.3, -0.25) is 0 Å².